The summed E-state index contributed by atoms with van der Waals surface area (Å²) in [5, 5.41) is 11.8. The smallest absolute Gasteiger partial charge is 0.247 e. The molecule has 0 unspecified atom stereocenters. The normalized spacial score (nSPS) is 14.8. The number of piperidine rings is 1. The lowest BCUT2D eigenvalue weighted by Crippen LogP contribution is -2.35. The second kappa shape index (κ2) is 8.83. The van der Waals surface area contributed by atoms with Gasteiger partial charge in [0, 0.05) is 19.6 Å². The van der Waals surface area contributed by atoms with Gasteiger partial charge in [-0.25, -0.2) is 0 Å². The summed E-state index contributed by atoms with van der Waals surface area (Å²) in [6, 6.07) is 19.2. The SMILES string of the molecule is Cc1ccccc1CNc1cnnc(N2CCC(Cc3ccccc3)CC2)n1. The Hall–Kier alpha value is -2.95. The predicted octanol–water partition coefficient (Wildman–Crippen LogP) is 4.25. The van der Waals surface area contributed by atoms with Crippen LogP contribution in [0.2, 0.25) is 0 Å². The monoisotopic (exact) mass is 373 g/mol. The van der Waals surface area contributed by atoms with Crippen molar-refractivity contribution in [1.29, 1.82) is 0 Å². The molecule has 4 rings (SSSR count). The van der Waals surface area contributed by atoms with Crippen molar-refractivity contribution < 1.29 is 0 Å². The lowest BCUT2D eigenvalue weighted by Gasteiger charge is -2.31. The minimum absolute atomic E-state index is 0.730. The van der Waals surface area contributed by atoms with Crippen molar-refractivity contribution in [3.63, 3.8) is 0 Å². The number of nitrogens with one attached hydrogen (secondary N) is 1. The van der Waals surface area contributed by atoms with Gasteiger partial charge < -0.3 is 10.2 Å². The van der Waals surface area contributed by atoms with Crippen LogP contribution in [-0.4, -0.2) is 28.3 Å². The van der Waals surface area contributed by atoms with Gasteiger partial charge in [0.2, 0.25) is 5.95 Å². The zero-order valence-corrected chi connectivity index (χ0v) is 16.4. The first kappa shape index (κ1) is 18.4. The van der Waals surface area contributed by atoms with E-state index in [4.69, 9.17) is 4.98 Å². The van der Waals surface area contributed by atoms with E-state index in [0.29, 0.717) is 0 Å². The second-order valence-corrected chi connectivity index (χ2v) is 7.54. The Morgan fingerprint density at radius 2 is 1.75 bits per heavy atom. The van der Waals surface area contributed by atoms with Crippen LogP contribution in [0.3, 0.4) is 0 Å². The first-order valence-electron chi connectivity index (χ1n) is 10.0. The Labute approximate surface area is 166 Å². The van der Waals surface area contributed by atoms with E-state index in [0.717, 1.165) is 43.7 Å². The third-order valence-corrected chi connectivity index (χ3v) is 5.53. The first-order valence-corrected chi connectivity index (χ1v) is 10.0. The standard InChI is InChI=1S/C23H27N5/c1-18-7-5-6-10-21(18)16-24-22-17-25-27-23(26-22)28-13-11-20(12-14-28)15-19-8-3-2-4-9-19/h2-10,17,20H,11-16H2,1H3,(H,24,26,27). The third-order valence-electron chi connectivity index (χ3n) is 5.53. The fourth-order valence-corrected chi connectivity index (χ4v) is 3.79. The minimum atomic E-state index is 0.730. The number of aryl methyl sites for hydroxylation is 1. The average Bonchev–Trinajstić information content (AvgIpc) is 2.75. The average molecular weight is 374 g/mol. The van der Waals surface area contributed by atoms with Gasteiger partial charge in [0.15, 0.2) is 5.82 Å². The maximum atomic E-state index is 4.69. The number of hydrogen-bond acceptors (Lipinski definition) is 5. The summed E-state index contributed by atoms with van der Waals surface area (Å²) in [7, 11) is 0. The van der Waals surface area contributed by atoms with Crippen LogP contribution >= 0.6 is 0 Å². The third kappa shape index (κ3) is 4.66. The van der Waals surface area contributed by atoms with Gasteiger partial charge in [-0.2, -0.15) is 10.1 Å². The molecule has 1 aromatic heterocycles. The number of aromatic nitrogens is 3. The Bertz CT molecular complexity index is 888. The molecule has 3 aromatic rings. The van der Waals surface area contributed by atoms with Crippen molar-refractivity contribution >= 4 is 11.8 Å². The van der Waals surface area contributed by atoms with Crippen LogP contribution in [-0.2, 0) is 13.0 Å². The van der Waals surface area contributed by atoms with E-state index in [1.807, 2.05) is 0 Å². The number of benzene rings is 2. The van der Waals surface area contributed by atoms with Crippen LogP contribution in [0.1, 0.15) is 29.5 Å². The Morgan fingerprint density at radius 3 is 2.54 bits per heavy atom. The van der Waals surface area contributed by atoms with Crippen LogP contribution < -0.4 is 10.2 Å². The molecule has 0 saturated carbocycles. The topological polar surface area (TPSA) is 53.9 Å². The first-order chi connectivity index (χ1) is 13.8. The molecule has 0 amide bonds. The summed E-state index contributed by atoms with van der Waals surface area (Å²) in [5.41, 5.74) is 3.98. The molecule has 1 saturated heterocycles. The van der Waals surface area contributed by atoms with Gasteiger partial charge in [-0.05, 0) is 48.8 Å². The van der Waals surface area contributed by atoms with Crippen molar-refractivity contribution in [2.24, 2.45) is 5.92 Å². The maximum absolute atomic E-state index is 4.69. The van der Waals surface area contributed by atoms with E-state index in [1.54, 1.807) is 6.20 Å². The summed E-state index contributed by atoms with van der Waals surface area (Å²) in [6.45, 7) is 4.84. The molecule has 1 fully saturated rings. The molecule has 1 aliphatic heterocycles. The number of anilines is 2. The van der Waals surface area contributed by atoms with Crippen LogP contribution in [0.25, 0.3) is 0 Å². The van der Waals surface area contributed by atoms with Crippen LogP contribution in [0.15, 0.2) is 60.8 Å². The maximum Gasteiger partial charge on any atom is 0.247 e. The van der Waals surface area contributed by atoms with Crippen molar-refractivity contribution in [3.05, 3.63) is 77.5 Å². The highest BCUT2D eigenvalue weighted by atomic mass is 15.3. The van der Waals surface area contributed by atoms with Gasteiger partial charge >= 0.3 is 0 Å². The van der Waals surface area contributed by atoms with E-state index in [2.05, 4.69) is 81.9 Å². The van der Waals surface area contributed by atoms with E-state index < -0.39 is 0 Å². The Balaban J connectivity index is 1.33. The van der Waals surface area contributed by atoms with E-state index in [-0.39, 0.29) is 0 Å². The molecular formula is C23H27N5. The molecule has 0 atom stereocenters. The van der Waals surface area contributed by atoms with Gasteiger partial charge in [-0.15, -0.1) is 5.10 Å². The molecule has 28 heavy (non-hydrogen) atoms. The van der Waals surface area contributed by atoms with E-state index in [1.165, 1.54) is 29.5 Å². The fraction of sp³-hybridized carbons (Fsp3) is 0.348. The van der Waals surface area contributed by atoms with Crippen LogP contribution in [0, 0.1) is 12.8 Å². The molecule has 0 bridgehead atoms. The predicted molar refractivity (Wildman–Crippen MR) is 113 cm³/mol. The van der Waals surface area contributed by atoms with E-state index >= 15 is 0 Å². The molecule has 5 heteroatoms. The fourth-order valence-electron chi connectivity index (χ4n) is 3.79. The van der Waals surface area contributed by atoms with Crippen molar-refractivity contribution in [1.82, 2.24) is 15.2 Å². The molecule has 0 radical (unpaired) electrons. The quantitative estimate of drug-likeness (QED) is 0.700. The highest BCUT2D eigenvalue weighted by Gasteiger charge is 2.21. The van der Waals surface area contributed by atoms with Crippen molar-refractivity contribution in [2.75, 3.05) is 23.3 Å². The summed E-state index contributed by atoms with van der Waals surface area (Å²) < 4.78 is 0. The lowest BCUT2D eigenvalue weighted by molar-refractivity contribution is 0.400. The molecule has 5 nitrogen and oxygen atoms in total. The molecule has 1 aliphatic rings. The zero-order valence-electron chi connectivity index (χ0n) is 16.4. The summed E-state index contributed by atoms with van der Waals surface area (Å²) in [4.78, 5) is 6.95. The van der Waals surface area contributed by atoms with Gasteiger partial charge in [0.25, 0.3) is 0 Å². The molecule has 1 N–H and O–H groups in total. The van der Waals surface area contributed by atoms with E-state index in [9.17, 15) is 0 Å². The molecular weight excluding hydrogens is 346 g/mol. The number of nitrogens with zero attached hydrogens (tertiary/aromatic N) is 4. The number of rotatable bonds is 6. The summed E-state index contributed by atoms with van der Waals surface area (Å²) in [5.74, 6) is 2.24. The molecule has 144 valence electrons. The molecule has 2 aromatic carbocycles. The Kier molecular flexibility index (Phi) is 5.80. The summed E-state index contributed by atoms with van der Waals surface area (Å²) >= 11 is 0. The van der Waals surface area contributed by atoms with Crippen LogP contribution in [0.4, 0.5) is 11.8 Å². The zero-order chi connectivity index (χ0) is 19.2. The largest absolute Gasteiger partial charge is 0.365 e. The van der Waals surface area contributed by atoms with Gasteiger partial charge in [0.05, 0.1) is 6.20 Å². The van der Waals surface area contributed by atoms with Gasteiger partial charge in [0.1, 0.15) is 0 Å². The molecule has 0 aliphatic carbocycles. The van der Waals surface area contributed by atoms with Crippen LogP contribution in [0.5, 0.6) is 0 Å². The molecule has 2 heterocycles. The minimum Gasteiger partial charge on any atom is -0.365 e. The highest BCUT2D eigenvalue weighted by Crippen LogP contribution is 2.24. The Morgan fingerprint density at radius 1 is 1.00 bits per heavy atom. The molecule has 0 spiro atoms. The van der Waals surface area contributed by atoms with Gasteiger partial charge in [-0.1, -0.05) is 54.6 Å². The number of hydrogen-bond donors (Lipinski definition) is 1. The lowest BCUT2D eigenvalue weighted by atomic mass is 9.90. The van der Waals surface area contributed by atoms with Crippen molar-refractivity contribution in [2.45, 2.75) is 32.7 Å². The van der Waals surface area contributed by atoms with Crippen molar-refractivity contribution in [3.8, 4) is 0 Å². The highest BCUT2D eigenvalue weighted by molar-refractivity contribution is 5.40. The van der Waals surface area contributed by atoms with Gasteiger partial charge in [-0.3, -0.25) is 0 Å². The summed E-state index contributed by atoms with van der Waals surface area (Å²) in [6.07, 6.45) is 5.19. The second-order valence-electron chi connectivity index (χ2n) is 7.54.